The summed E-state index contributed by atoms with van der Waals surface area (Å²) in [6.45, 7) is 4.05. The van der Waals surface area contributed by atoms with Crippen molar-refractivity contribution in [2.75, 3.05) is 7.11 Å². The van der Waals surface area contributed by atoms with E-state index in [4.69, 9.17) is 9.47 Å². The maximum absolute atomic E-state index is 9.79. The fourth-order valence-electron chi connectivity index (χ4n) is 2.06. The highest BCUT2D eigenvalue weighted by Gasteiger charge is 2.12. The molecule has 0 fully saturated rings. The number of aryl methyl sites for hydroxylation is 2. The molecule has 0 unspecified atom stereocenters. The van der Waals surface area contributed by atoms with Crippen molar-refractivity contribution in [3.8, 4) is 11.5 Å². The largest absolute Gasteiger partial charge is 0.497 e. The number of nitrogens with zero attached hydrogens (tertiary/aromatic N) is 2. The van der Waals surface area contributed by atoms with Gasteiger partial charge in [-0.3, -0.25) is 4.68 Å². The third-order valence-electron chi connectivity index (χ3n) is 3.15. The molecule has 0 radical (unpaired) electrons. The molecule has 0 aliphatic carbocycles. The summed E-state index contributed by atoms with van der Waals surface area (Å²) in [5, 5.41) is 14.1. The second-order valence-electron chi connectivity index (χ2n) is 4.77. The number of aromatic nitrogens is 2. The molecule has 1 heterocycles. The SMILES string of the molecule is COc1ccc([C@H](C)O)c(OCc2cc(C)nn2C)c1. The molecule has 5 heteroatoms. The maximum atomic E-state index is 9.79. The first-order chi connectivity index (χ1) is 9.51. The fraction of sp³-hybridized carbons (Fsp3) is 0.400. The summed E-state index contributed by atoms with van der Waals surface area (Å²) in [4.78, 5) is 0. The monoisotopic (exact) mass is 276 g/mol. The number of rotatable bonds is 5. The number of methoxy groups -OCH3 is 1. The van der Waals surface area contributed by atoms with E-state index in [1.165, 1.54) is 0 Å². The van der Waals surface area contributed by atoms with E-state index >= 15 is 0 Å². The quantitative estimate of drug-likeness (QED) is 0.911. The van der Waals surface area contributed by atoms with Crippen LogP contribution in [0.3, 0.4) is 0 Å². The molecule has 0 aliphatic rings. The van der Waals surface area contributed by atoms with Gasteiger partial charge in [-0.25, -0.2) is 0 Å². The molecule has 0 saturated carbocycles. The Morgan fingerprint density at radius 2 is 2.10 bits per heavy atom. The summed E-state index contributed by atoms with van der Waals surface area (Å²) in [6.07, 6.45) is -0.593. The number of hydrogen-bond donors (Lipinski definition) is 1. The highest BCUT2D eigenvalue weighted by Crippen LogP contribution is 2.30. The number of aliphatic hydroxyl groups excluding tert-OH is 1. The predicted octanol–water partition coefficient (Wildman–Crippen LogP) is 2.37. The second kappa shape index (κ2) is 5.96. The molecule has 1 aromatic heterocycles. The lowest BCUT2D eigenvalue weighted by Gasteiger charge is -2.14. The molecule has 2 aromatic rings. The lowest BCUT2D eigenvalue weighted by molar-refractivity contribution is 0.189. The first-order valence-electron chi connectivity index (χ1n) is 6.49. The first kappa shape index (κ1) is 14.4. The Hall–Kier alpha value is -2.01. The molecule has 1 atom stereocenters. The van der Waals surface area contributed by atoms with Crippen LogP contribution in [0.15, 0.2) is 24.3 Å². The van der Waals surface area contributed by atoms with E-state index in [0.717, 1.165) is 17.0 Å². The zero-order valence-corrected chi connectivity index (χ0v) is 12.3. The van der Waals surface area contributed by atoms with E-state index in [1.54, 1.807) is 24.8 Å². The Morgan fingerprint density at radius 3 is 2.65 bits per heavy atom. The highest BCUT2D eigenvalue weighted by molar-refractivity contribution is 5.41. The van der Waals surface area contributed by atoms with Crippen molar-refractivity contribution in [2.24, 2.45) is 7.05 Å². The summed E-state index contributed by atoms with van der Waals surface area (Å²) >= 11 is 0. The van der Waals surface area contributed by atoms with Crippen molar-refractivity contribution in [1.29, 1.82) is 0 Å². The molecule has 0 aliphatic heterocycles. The molecule has 0 amide bonds. The minimum Gasteiger partial charge on any atom is -0.497 e. The minimum atomic E-state index is -0.593. The van der Waals surface area contributed by atoms with Crippen LogP contribution in [0.1, 0.15) is 30.0 Å². The average Bonchev–Trinajstić information content (AvgIpc) is 2.74. The van der Waals surface area contributed by atoms with Gasteiger partial charge in [0, 0.05) is 18.7 Å². The molecule has 2 rings (SSSR count). The van der Waals surface area contributed by atoms with Crippen LogP contribution in [0.4, 0.5) is 0 Å². The zero-order valence-electron chi connectivity index (χ0n) is 12.3. The van der Waals surface area contributed by atoms with Gasteiger partial charge in [0.05, 0.1) is 24.6 Å². The Bertz CT molecular complexity index is 591. The van der Waals surface area contributed by atoms with Crippen LogP contribution in [-0.2, 0) is 13.7 Å². The van der Waals surface area contributed by atoms with Gasteiger partial charge in [-0.05, 0) is 32.0 Å². The minimum absolute atomic E-state index is 0.393. The molecule has 1 aromatic carbocycles. The van der Waals surface area contributed by atoms with Crippen molar-refractivity contribution in [1.82, 2.24) is 9.78 Å². The van der Waals surface area contributed by atoms with Gasteiger partial charge >= 0.3 is 0 Å². The Morgan fingerprint density at radius 1 is 1.35 bits per heavy atom. The number of benzene rings is 1. The maximum Gasteiger partial charge on any atom is 0.130 e. The summed E-state index contributed by atoms with van der Waals surface area (Å²) < 4.78 is 12.8. The van der Waals surface area contributed by atoms with E-state index < -0.39 is 6.10 Å². The molecule has 1 N–H and O–H groups in total. The Balaban J connectivity index is 2.21. The number of hydrogen-bond acceptors (Lipinski definition) is 4. The topological polar surface area (TPSA) is 56.5 Å². The van der Waals surface area contributed by atoms with E-state index in [9.17, 15) is 5.11 Å². The van der Waals surface area contributed by atoms with Crippen LogP contribution < -0.4 is 9.47 Å². The van der Waals surface area contributed by atoms with Crippen LogP contribution in [0, 0.1) is 6.92 Å². The van der Waals surface area contributed by atoms with Crippen molar-refractivity contribution >= 4 is 0 Å². The van der Waals surface area contributed by atoms with Crippen molar-refractivity contribution < 1.29 is 14.6 Å². The van der Waals surface area contributed by atoms with Crippen molar-refractivity contribution in [3.05, 3.63) is 41.2 Å². The third-order valence-corrected chi connectivity index (χ3v) is 3.15. The number of aliphatic hydroxyl groups is 1. The summed E-state index contributed by atoms with van der Waals surface area (Å²) in [5.41, 5.74) is 2.67. The van der Waals surface area contributed by atoms with Crippen LogP contribution in [0.25, 0.3) is 0 Å². The highest BCUT2D eigenvalue weighted by atomic mass is 16.5. The van der Waals surface area contributed by atoms with Crippen molar-refractivity contribution in [2.45, 2.75) is 26.6 Å². The predicted molar refractivity (Wildman–Crippen MR) is 75.9 cm³/mol. The lowest BCUT2D eigenvalue weighted by atomic mass is 10.1. The van der Waals surface area contributed by atoms with E-state index in [1.807, 2.05) is 32.2 Å². The zero-order chi connectivity index (χ0) is 14.7. The molecular weight excluding hydrogens is 256 g/mol. The van der Waals surface area contributed by atoms with E-state index in [-0.39, 0.29) is 0 Å². The Kier molecular flexibility index (Phi) is 4.29. The normalized spacial score (nSPS) is 12.2. The summed E-state index contributed by atoms with van der Waals surface area (Å²) in [5.74, 6) is 1.32. The van der Waals surface area contributed by atoms with Gasteiger partial charge in [-0.15, -0.1) is 0 Å². The van der Waals surface area contributed by atoms with Crippen LogP contribution in [-0.4, -0.2) is 22.0 Å². The Labute approximate surface area is 118 Å². The standard InChI is InChI=1S/C15H20N2O3/c1-10-7-12(17(3)16-10)9-20-15-8-13(19-4)5-6-14(15)11(2)18/h5-8,11,18H,9H2,1-4H3/t11-/m0/s1. The second-order valence-corrected chi connectivity index (χ2v) is 4.77. The smallest absolute Gasteiger partial charge is 0.130 e. The summed E-state index contributed by atoms with van der Waals surface area (Å²) in [6, 6.07) is 7.38. The van der Waals surface area contributed by atoms with Gasteiger partial charge in [-0.2, -0.15) is 5.10 Å². The van der Waals surface area contributed by atoms with E-state index in [0.29, 0.717) is 18.1 Å². The van der Waals surface area contributed by atoms with Gasteiger partial charge in [-0.1, -0.05) is 0 Å². The summed E-state index contributed by atoms with van der Waals surface area (Å²) in [7, 11) is 3.48. The molecule has 20 heavy (non-hydrogen) atoms. The molecule has 0 saturated heterocycles. The van der Waals surface area contributed by atoms with Crippen LogP contribution in [0.2, 0.25) is 0 Å². The third kappa shape index (κ3) is 3.11. The molecule has 5 nitrogen and oxygen atoms in total. The van der Waals surface area contributed by atoms with Crippen LogP contribution in [0.5, 0.6) is 11.5 Å². The lowest BCUT2D eigenvalue weighted by Crippen LogP contribution is -2.05. The van der Waals surface area contributed by atoms with Gasteiger partial charge in [0.15, 0.2) is 0 Å². The average molecular weight is 276 g/mol. The molecule has 0 bridgehead atoms. The van der Waals surface area contributed by atoms with Crippen LogP contribution >= 0.6 is 0 Å². The van der Waals surface area contributed by atoms with E-state index in [2.05, 4.69) is 5.10 Å². The molecule has 0 spiro atoms. The van der Waals surface area contributed by atoms with Gasteiger partial charge in [0.1, 0.15) is 18.1 Å². The van der Waals surface area contributed by atoms with Crippen molar-refractivity contribution in [3.63, 3.8) is 0 Å². The molecular formula is C15H20N2O3. The first-order valence-corrected chi connectivity index (χ1v) is 6.49. The van der Waals surface area contributed by atoms with Gasteiger partial charge < -0.3 is 14.6 Å². The fourth-order valence-corrected chi connectivity index (χ4v) is 2.06. The van der Waals surface area contributed by atoms with Gasteiger partial charge in [0.2, 0.25) is 0 Å². The molecule has 108 valence electrons. The van der Waals surface area contributed by atoms with Gasteiger partial charge in [0.25, 0.3) is 0 Å². The number of ether oxygens (including phenoxy) is 2.